The standard InChI is InChI=1S/C23H29N4O7P/c1-15(2)32-23(29)16(3)26-35(30,34-17-8-5-4-6-9-17)31-13-20-19(28)12-21(33-20)27-14-25-18-10-7-11-24-22(18)27/h4-11,14-16,19-21,28H,12-13H2,1-3H3,(H,26,30)/t16-,19+,20-,21-,35?/m1/s1. The fraction of sp³-hybridized carbons (Fsp3) is 0.435. The molecule has 2 N–H and O–H groups in total. The maximum absolute atomic E-state index is 13.6. The zero-order valence-electron chi connectivity index (χ0n) is 19.7. The molecule has 188 valence electrons. The number of aliphatic hydroxyl groups is 1. The van der Waals surface area contributed by atoms with Gasteiger partial charge in [-0.1, -0.05) is 18.2 Å². The number of imidazole rings is 1. The van der Waals surface area contributed by atoms with E-state index in [-0.39, 0.29) is 24.9 Å². The number of para-hydroxylation sites is 1. The van der Waals surface area contributed by atoms with Gasteiger partial charge >= 0.3 is 13.7 Å². The molecule has 1 fully saturated rings. The van der Waals surface area contributed by atoms with E-state index in [4.69, 9.17) is 18.5 Å². The third-order valence-corrected chi connectivity index (χ3v) is 6.92. The van der Waals surface area contributed by atoms with Crippen LogP contribution in [0.1, 0.15) is 33.4 Å². The van der Waals surface area contributed by atoms with Crippen molar-refractivity contribution in [2.45, 2.75) is 57.8 Å². The van der Waals surface area contributed by atoms with Crippen molar-refractivity contribution in [3.63, 3.8) is 0 Å². The molecule has 11 nitrogen and oxygen atoms in total. The van der Waals surface area contributed by atoms with E-state index in [1.165, 1.54) is 6.92 Å². The molecule has 0 bridgehead atoms. The SMILES string of the molecule is CC(C)OC(=O)[C@@H](C)NP(=O)(OC[C@H]1O[C@@H](n2cnc3cccnc32)C[C@@H]1O)Oc1ccccc1. The minimum absolute atomic E-state index is 0.249. The number of hydrogen-bond donors (Lipinski definition) is 2. The highest BCUT2D eigenvalue weighted by molar-refractivity contribution is 7.52. The van der Waals surface area contributed by atoms with Gasteiger partial charge in [-0.25, -0.2) is 14.5 Å². The molecule has 1 saturated heterocycles. The lowest BCUT2D eigenvalue weighted by atomic mass is 10.2. The van der Waals surface area contributed by atoms with E-state index in [0.717, 1.165) is 0 Å². The lowest BCUT2D eigenvalue weighted by molar-refractivity contribution is -0.149. The molecule has 4 rings (SSSR count). The molecular weight excluding hydrogens is 475 g/mol. The van der Waals surface area contributed by atoms with E-state index in [1.54, 1.807) is 67.3 Å². The Morgan fingerprint density at radius 3 is 2.74 bits per heavy atom. The number of pyridine rings is 1. The number of carbonyl (C=O) groups is 1. The van der Waals surface area contributed by atoms with Crippen molar-refractivity contribution in [3.05, 3.63) is 55.0 Å². The number of hydrogen-bond acceptors (Lipinski definition) is 9. The largest absolute Gasteiger partial charge is 0.462 e. The van der Waals surface area contributed by atoms with Crippen LogP contribution < -0.4 is 9.61 Å². The van der Waals surface area contributed by atoms with E-state index in [1.807, 2.05) is 6.07 Å². The van der Waals surface area contributed by atoms with E-state index >= 15 is 0 Å². The Kier molecular flexibility index (Phi) is 7.83. The number of aliphatic hydroxyl groups excluding tert-OH is 1. The van der Waals surface area contributed by atoms with Crippen LogP contribution in [0, 0.1) is 0 Å². The highest BCUT2D eigenvalue weighted by atomic mass is 31.2. The van der Waals surface area contributed by atoms with Crippen LogP contribution in [-0.4, -0.2) is 56.6 Å². The van der Waals surface area contributed by atoms with Crippen molar-refractivity contribution >= 4 is 24.9 Å². The second-order valence-electron chi connectivity index (χ2n) is 8.46. The van der Waals surface area contributed by atoms with Gasteiger partial charge in [0.15, 0.2) is 5.65 Å². The van der Waals surface area contributed by atoms with E-state index < -0.39 is 38.2 Å². The summed E-state index contributed by atoms with van der Waals surface area (Å²) in [5.74, 6) is -0.313. The van der Waals surface area contributed by atoms with Gasteiger partial charge in [0, 0.05) is 12.6 Å². The average molecular weight is 504 g/mol. The van der Waals surface area contributed by atoms with Gasteiger partial charge in [-0.2, -0.15) is 5.09 Å². The van der Waals surface area contributed by atoms with E-state index in [0.29, 0.717) is 11.2 Å². The van der Waals surface area contributed by atoms with Crippen molar-refractivity contribution in [2.75, 3.05) is 6.61 Å². The Bertz CT molecular complexity index is 1190. The zero-order valence-corrected chi connectivity index (χ0v) is 20.6. The molecular formula is C23H29N4O7P. The average Bonchev–Trinajstić information content (AvgIpc) is 3.41. The molecule has 1 unspecified atom stereocenters. The summed E-state index contributed by atoms with van der Waals surface area (Å²) in [5, 5.41) is 13.2. The first-order chi connectivity index (χ1) is 16.7. The Morgan fingerprint density at radius 2 is 2.00 bits per heavy atom. The van der Waals surface area contributed by atoms with Crippen molar-refractivity contribution in [3.8, 4) is 5.75 Å². The topological polar surface area (TPSA) is 134 Å². The highest BCUT2D eigenvalue weighted by Gasteiger charge is 2.39. The summed E-state index contributed by atoms with van der Waals surface area (Å²) >= 11 is 0. The quantitative estimate of drug-likeness (QED) is 0.313. The maximum Gasteiger partial charge on any atom is 0.459 e. The van der Waals surface area contributed by atoms with Crippen LogP contribution in [0.5, 0.6) is 5.75 Å². The maximum atomic E-state index is 13.6. The molecule has 0 aliphatic carbocycles. The number of fused-ring (bicyclic) bond motifs is 1. The summed E-state index contributed by atoms with van der Waals surface area (Å²) < 4.78 is 37.8. The molecule has 1 aliphatic heterocycles. The number of ether oxygens (including phenoxy) is 2. The van der Waals surface area contributed by atoms with Crippen molar-refractivity contribution in [2.24, 2.45) is 0 Å². The van der Waals surface area contributed by atoms with Crippen molar-refractivity contribution < 1.29 is 33.0 Å². The molecule has 0 spiro atoms. The van der Waals surface area contributed by atoms with Gasteiger partial charge < -0.3 is 19.1 Å². The highest BCUT2D eigenvalue weighted by Crippen LogP contribution is 2.46. The second-order valence-corrected chi connectivity index (χ2v) is 10.2. The van der Waals surface area contributed by atoms with Crippen LogP contribution in [-0.2, 0) is 23.4 Å². The van der Waals surface area contributed by atoms with Gasteiger partial charge in [-0.3, -0.25) is 13.9 Å². The summed E-state index contributed by atoms with van der Waals surface area (Å²) in [5.41, 5.74) is 1.33. The molecule has 1 aromatic carbocycles. The predicted octanol–water partition coefficient (Wildman–Crippen LogP) is 3.21. The summed E-state index contributed by atoms with van der Waals surface area (Å²) in [6.07, 6.45) is 0.968. The Labute approximate surface area is 203 Å². The smallest absolute Gasteiger partial charge is 0.459 e. The molecule has 0 saturated carbocycles. The van der Waals surface area contributed by atoms with Gasteiger partial charge in [0.05, 0.1) is 25.1 Å². The number of aromatic nitrogens is 3. The fourth-order valence-electron chi connectivity index (χ4n) is 3.62. The van der Waals surface area contributed by atoms with Gasteiger partial charge in [-0.05, 0) is 45.0 Å². The Morgan fingerprint density at radius 1 is 1.23 bits per heavy atom. The van der Waals surface area contributed by atoms with Crippen LogP contribution in [0.3, 0.4) is 0 Å². The first-order valence-electron chi connectivity index (χ1n) is 11.3. The summed E-state index contributed by atoms with van der Waals surface area (Å²) in [4.78, 5) is 20.9. The number of benzene rings is 1. The second kappa shape index (κ2) is 10.8. The minimum Gasteiger partial charge on any atom is -0.462 e. The number of nitrogens with zero attached hydrogens (tertiary/aromatic N) is 3. The first-order valence-corrected chi connectivity index (χ1v) is 12.9. The van der Waals surface area contributed by atoms with Crippen LogP contribution in [0.2, 0.25) is 0 Å². The number of esters is 1. The van der Waals surface area contributed by atoms with Gasteiger partial charge in [0.25, 0.3) is 0 Å². The van der Waals surface area contributed by atoms with Crippen LogP contribution in [0.15, 0.2) is 55.0 Å². The lowest BCUT2D eigenvalue weighted by Crippen LogP contribution is -2.37. The Hall–Kier alpha value is -2.82. The van der Waals surface area contributed by atoms with Crippen LogP contribution in [0.4, 0.5) is 0 Å². The normalized spacial score (nSPS) is 22.7. The third-order valence-electron chi connectivity index (χ3n) is 5.28. The molecule has 1 aliphatic rings. The van der Waals surface area contributed by atoms with Gasteiger partial charge in [-0.15, -0.1) is 0 Å². The Balaban J connectivity index is 1.45. The van der Waals surface area contributed by atoms with Crippen molar-refractivity contribution in [1.29, 1.82) is 0 Å². The van der Waals surface area contributed by atoms with Gasteiger partial charge in [0.2, 0.25) is 0 Å². The number of carbonyl (C=O) groups excluding carboxylic acids is 1. The van der Waals surface area contributed by atoms with Gasteiger partial charge in [0.1, 0.15) is 29.6 Å². The molecule has 35 heavy (non-hydrogen) atoms. The predicted molar refractivity (Wildman–Crippen MR) is 127 cm³/mol. The third kappa shape index (κ3) is 6.25. The lowest BCUT2D eigenvalue weighted by Gasteiger charge is -2.25. The molecule has 3 aromatic rings. The van der Waals surface area contributed by atoms with Crippen LogP contribution >= 0.6 is 7.75 Å². The molecule has 12 heteroatoms. The summed E-state index contributed by atoms with van der Waals surface area (Å²) in [6, 6.07) is 11.1. The van der Waals surface area contributed by atoms with E-state index in [2.05, 4.69) is 15.1 Å². The summed E-state index contributed by atoms with van der Waals surface area (Å²) in [6.45, 7) is 4.69. The minimum atomic E-state index is -4.07. The van der Waals surface area contributed by atoms with Crippen molar-refractivity contribution in [1.82, 2.24) is 19.6 Å². The van der Waals surface area contributed by atoms with E-state index in [9.17, 15) is 14.5 Å². The molecule has 0 amide bonds. The zero-order chi connectivity index (χ0) is 25.0. The summed E-state index contributed by atoms with van der Waals surface area (Å²) in [7, 11) is -4.07. The number of rotatable bonds is 10. The number of nitrogens with one attached hydrogen (secondary N) is 1. The molecule has 0 radical (unpaired) electrons. The molecule has 5 atom stereocenters. The monoisotopic (exact) mass is 504 g/mol. The fourth-order valence-corrected chi connectivity index (χ4v) is 5.12. The molecule has 3 heterocycles. The molecule has 2 aromatic heterocycles. The first kappa shape index (κ1) is 25.3. The van der Waals surface area contributed by atoms with Crippen LogP contribution in [0.25, 0.3) is 11.2 Å².